The summed E-state index contributed by atoms with van der Waals surface area (Å²) in [5, 5.41) is 3.30. The first-order chi connectivity index (χ1) is 11.4. The average Bonchev–Trinajstić information content (AvgIpc) is 2.49. The van der Waals surface area contributed by atoms with Crippen LogP contribution >= 0.6 is 23.2 Å². The molecule has 0 spiro atoms. The Bertz CT molecular complexity index is 748. The monoisotopic (exact) mass is 368 g/mol. The molecule has 126 valence electrons. The smallest absolute Gasteiger partial charge is 0.240 e. The molecular weight excluding hydrogens is 354 g/mol. The van der Waals surface area contributed by atoms with Gasteiger partial charge in [0.1, 0.15) is 11.9 Å². The molecule has 0 fully saturated rings. The summed E-state index contributed by atoms with van der Waals surface area (Å²) in [5.41, 5.74) is 6.37. The molecule has 0 radical (unpaired) electrons. The topological polar surface area (TPSA) is 72.2 Å². The molecule has 0 heterocycles. The van der Waals surface area contributed by atoms with E-state index in [4.69, 9.17) is 28.9 Å². The van der Waals surface area contributed by atoms with Crippen molar-refractivity contribution >= 4 is 35.0 Å². The summed E-state index contributed by atoms with van der Waals surface area (Å²) in [6, 6.07) is 9.64. The normalized spacial score (nSPS) is 11.8. The Balaban J connectivity index is 2.08. The van der Waals surface area contributed by atoms with Crippen LogP contribution in [0, 0.1) is 5.82 Å². The van der Waals surface area contributed by atoms with E-state index in [-0.39, 0.29) is 12.8 Å². The van der Waals surface area contributed by atoms with Crippen LogP contribution in [0.4, 0.5) is 4.39 Å². The molecule has 0 aliphatic rings. The third kappa shape index (κ3) is 4.94. The van der Waals surface area contributed by atoms with Gasteiger partial charge in [-0.05, 0) is 35.4 Å². The summed E-state index contributed by atoms with van der Waals surface area (Å²) >= 11 is 12.1. The second-order valence-corrected chi connectivity index (χ2v) is 6.05. The fourth-order valence-corrected chi connectivity index (χ4v) is 2.78. The molecule has 2 aromatic rings. The lowest BCUT2D eigenvalue weighted by molar-refractivity contribution is -0.127. The number of nitrogens with two attached hydrogens (primary N) is 1. The fourth-order valence-electron chi connectivity index (χ4n) is 2.23. The van der Waals surface area contributed by atoms with Crippen molar-refractivity contribution in [2.75, 3.05) is 0 Å². The number of hydrogen-bond donors (Lipinski definition) is 2. The van der Waals surface area contributed by atoms with Gasteiger partial charge >= 0.3 is 0 Å². The van der Waals surface area contributed by atoms with Gasteiger partial charge in [0.15, 0.2) is 0 Å². The zero-order chi connectivity index (χ0) is 17.7. The number of primary amides is 1. The molecule has 1 atom stereocenters. The molecule has 0 saturated heterocycles. The Hall–Kier alpha value is -2.11. The Morgan fingerprint density at radius 2 is 1.75 bits per heavy atom. The maximum absolute atomic E-state index is 13.1. The number of amides is 2. The van der Waals surface area contributed by atoms with E-state index in [1.165, 1.54) is 18.2 Å². The van der Waals surface area contributed by atoms with E-state index in [1.54, 1.807) is 24.3 Å². The van der Waals surface area contributed by atoms with Gasteiger partial charge in [-0.2, -0.15) is 0 Å². The van der Waals surface area contributed by atoms with Crippen molar-refractivity contribution in [3.8, 4) is 0 Å². The van der Waals surface area contributed by atoms with Gasteiger partial charge in [0, 0.05) is 16.5 Å². The lowest BCUT2D eigenvalue weighted by Gasteiger charge is -2.17. The zero-order valence-electron chi connectivity index (χ0n) is 12.6. The van der Waals surface area contributed by atoms with Crippen LogP contribution in [-0.4, -0.2) is 17.9 Å². The van der Waals surface area contributed by atoms with E-state index in [0.717, 1.165) is 0 Å². The first-order valence-corrected chi connectivity index (χ1v) is 7.88. The van der Waals surface area contributed by atoms with E-state index >= 15 is 0 Å². The number of benzene rings is 2. The molecule has 0 bridgehead atoms. The van der Waals surface area contributed by atoms with E-state index in [1.807, 2.05) is 0 Å². The number of hydrogen-bond acceptors (Lipinski definition) is 2. The lowest BCUT2D eigenvalue weighted by Crippen LogP contribution is -2.46. The number of halogens is 3. The van der Waals surface area contributed by atoms with Crippen molar-refractivity contribution in [1.82, 2.24) is 5.32 Å². The maximum Gasteiger partial charge on any atom is 0.240 e. The highest BCUT2D eigenvalue weighted by molar-refractivity contribution is 6.36. The van der Waals surface area contributed by atoms with Crippen molar-refractivity contribution in [3.63, 3.8) is 0 Å². The van der Waals surface area contributed by atoms with Gasteiger partial charge in [0.05, 0.1) is 6.42 Å². The van der Waals surface area contributed by atoms with Gasteiger partial charge in [-0.1, -0.05) is 41.4 Å². The second-order valence-electron chi connectivity index (χ2n) is 5.23. The van der Waals surface area contributed by atoms with Crippen LogP contribution in [0.25, 0.3) is 0 Å². The zero-order valence-corrected chi connectivity index (χ0v) is 14.1. The second kappa shape index (κ2) is 8.13. The minimum Gasteiger partial charge on any atom is -0.368 e. The summed E-state index contributed by atoms with van der Waals surface area (Å²) in [6.45, 7) is 0. The maximum atomic E-state index is 13.1. The van der Waals surface area contributed by atoms with E-state index < -0.39 is 23.7 Å². The third-order valence-corrected chi connectivity index (χ3v) is 4.11. The van der Waals surface area contributed by atoms with Crippen LogP contribution in [-0.2, 0) is 22.4 Å². The Morgan fingerprint density at radius 1 is 1.12 bits per heavy atom. The fraction of sp³-hybridized carbons (Fsp3) is 0.176. The molecular formula is C17H15Cl2FN2O2. The van der Waals surface area contributed by atoms with Gasteiger partial charge in [-0.15, -0.1) is 0 Å². The molecule has 0 aromatic heterocycles. The minimum atomic E-state index is -0.969. The van der Waals surface area contributed by atoms with Crippen LogP contribution in [0.15, 0.2) is 42.5 Å². The minimum absolute atomic E-state index is 0.0716. The SMILES string of the molecule is NC(=O)[C@H](Cc1c(Cl)cccc1Cl)NC(=O)Cc1cccc(F)c1. The van der Waals surface area contributed by atoms with Crippen molar-refractivity contribution < 1.29 is 14.0 Å². The Kier molecular flexibility index (Phi) is 6.17. The van der Waals surface area contributed by atoms with Gasteiger partial charge in [0.25, 0.3) is 0 Å². The van der Waals surface area contributed by atoms with Gasteiger partial charge in [-0.3, -0.25) is 9.59 Å². The molecule has 0 aliphatic carbocycles. The van der Waals surface area contributed by atoms with Crippen LogP contribution in [0.2, 0.25) is 10.0 Å². The molecule has 0 aliphatic heterocycles. The number of rotatable bonds is 6. The van der Waals surface area contributed by atoms with Crippen LogP contribution in [0.1, 0.15) is 11.1 Å². The molecule has 2 rings (SSSR count). The van der Waals surface area contributed by atoms with E-state index in [2.05, 4.69) is 5.32 Å². The van der Waals surface area contributed by atoms with Gasteiger partial charge in [0.2, 0.25) is 11.8 Å². The highest BCUT2D eigenvalue weighted by Gasteiger charge is 2.21. The number of carbonyl (C=O) groups excluding carboxylic acids is 2. The van der Waals surface area contributed by atoms with Crippen molar-refractivity contribution in [2.24, 2.45) is 5.73 Å². The molecule has 2 aromatic carbocycles. The summed E-state index contributed by atoms with van der Waals surface area (Å²) in [7, 11) is 0. The highest BCUT2D eigenvalue weighted by atomic mass is 35.5. The highest BCUT2D eigenvalue weighted by Crippen LogP contribution is 2.25. The average molecular weight is 369 g/mol. The summed E-state index contributed by atoms with van der Waals surface area (Å²) in [4.78, 5) is 23.7. The first-order valence-electron chi connectivity index (χ1n) is 7.13. The van der Waals surface area contributed by atoms with E-state index in [0.29, 0.717) is 21.2 Å². The molecule has 24 heavy (non-hydrogen) atoms. The predicted octanol–water partition coefficient (Wildman–Crippen LogP) is 2.89. The van der Waals surface area contributed by atoms with Gasteiger partial charge in [-0.25, -0.2) is 4.39 Å². The summed E-state index contributed by atoms with van der Waals surface area (Å²) in [6.07, 6.45) is 0.000521. The predicted molar refractivity (Wildman–Crippen MR) is 91.4 cm³/mol. The summed E-state index contributed by atoms with van der Waals surface area (Å²) < 4.78 is 13.1. The van der Waals surface area contributed by atoms with Crippen LogP contribution in [0.5, 0.6) is 0 Å². The largest absolute Gasteiger partial charge is 0.368 e. The molecule has 2 amide bonds. The quantitative estimate of drug-likeness (QED) is 0.822. The first kappa shape index (κ1) is 18.2. The van der Waals surface area contributed by atoms with Crippen LogP contribution < -0.4 is 11.1 Å². The molecule has 4 nitrogen and oxygen atoms in total. The Labute approximate surface area is 148 Å². The van der Waals surface area contributed by atoms with Gasteiger partial charge < -0.3 is 11.1 Å². The number of carbonyl (C=O) groups is 2. The summed E-state index contributed by atoms with van der Waals surface area (Å²) in [5.74, 6) is -1.60. The number of nitrogens with one attached hydrogen (secondary N) is 1. The lowest BCUT2D eigenvalue weighted by atomic mass is 10.0. The van der Waals surface area contributed by atoms with Crippen LogP contribution in [0.3, 0.4) is 0 Å². The van der Waals surface area contributed by atoms with E-state index in [9.17, 15) is 14.0 Å². The molecule has 0 unspecified atom stereocenters. The Morgan fingerprint density at radius 3 is 2.33 bits per heavy atom. The van der Waals surface area contributed by atoms with Crippen molar-refractivity contribution in [2.45, 2.75) is 18.9 Å². The third-order valence-electron chi connectivity index (χ3n) is 3.40. The molecule has 3 N–H and O–H groups in total. The standard InChI is InChI=1S/C17H15Cl2FN2O2/c18-13-5-2-6-14(19)12(13)9-15(17(21)24)22-16(23)8-10-3-1-4-11(20)7-10/h1-7,15H,8-9H2,(H2,21,24)(H,22,23)/t15-/m0/s1. The molecule has 7 heteroatoms. The van der Waals surface area contributed by atoms with Crippen molar-refractivity contribution in [3.05, 3.63) is 69.5 Å². The van der Waals surface area contributed by atoms with Crippen molar-refractivity contribution in [1.29, 1.82) is 0 Å². The molecule has 0 saturated carbocycles.